The summed E-state index contributed by atoms with van der Waals surface area (Å²) in [7, 11) is 0. The predicted octanol–water partition coefficient (Wildman–Crippen LogP) is 14.1. The molecule has 66 heavy (non-hydrogen) atoms. The van der Waals surface area contributed by atoms with Gasteiger partial charge in [-0.25, -0.2) is 24.9 Å². The minimum atomic E-state index is 0.586. The molecular formula is C59H39N7. The van der Waals surface area contributed by atoms with Crippen molar-refractivity contribution in [3.8, 4) is 113 Å². The van der Waals surface area contributed by atoms with Crippen molar-refractivity contribution in [1.82, 2.24) is 34.9 Å². The Bertz CT molecular complexity index is 3380. The summed E-state index contributed by atoms with van der Waals surface area (Å²) in [5, 5.41) is 0. The van der Waals surface area contributed by atoms with Crippen molar-refractivity contribution in [3.05, 3.63) is 237 Å². The van der Waals surface area contributed by atoms with Crippen molar-refractivity contribution >= 4 is 0 Å². The zero-order chi connectivity index (χ0) is 44.1. The van der Waals surface area contributed by atoms with Gasteiger partial charge in [0.05, 0.1) is 11.4 Å². The lowest BCUT2D eigenvalue weighted by Crippen LogP contribution is -2.00. The van der Waals surface area contributed by atoms with E-state index in [1.807, 2.05) is 116 Å². The topological polar surface area (TPSA) is 90.2 Å². The molecule has 0 atom stereocenters. The summed E-state index contributed by atoms with van der Waals surface area (Å²) in [5.41, 5.74) is 15.8. The Morgan fingerprint density at radius 1 is 0.197 bits per heavy atom. The standard InChI is InChI=1S/C59H39N7/c1-4-13-43(14-5-1)54-39-55(44-15-6-2-7-16-44)63-59(62-54)52-22-11-10-21-51(52)53-38-48(41-31-35-61-36-32-41)27-28-50(53)42-23-25-46(26-24-42)57-64-56(45-17-8-3-9-18-45)65-58(66-57)49-20-12-19-47(37-49)40-29-33-60-34-30-40/h1-39H. The van der Waals surface area contributed by atoms with Crippen LogP contribution in [0.15, 0.2) is 237 Å². The van der Waals surface area contributed by atoms with Crippen molar-refractivity contribution in [2.24, 2.45) is 0 Å². The minimum absolute atomic E-state index is 0.586. The maximum atomic E-state index is 5.25. The van der Waals surface area contributed by atoms with Crippen molar-refractivity contribution in [2.45, 2.75) is 0 Å². The number of aromatic nitrogens is 7. The number of benzene rings is 7. The molecule has 0 aliphatic heterocycles. The number of hydrogen-bond acceptors (Lipinski definition) is 7. The SMILES string of the molecule is c1ccc(-c2cc(-c3ccccc3)nc(-c3ccccc3-c3cc(-c4ccncc4)ccc3-c3ccc(-c4nc(-c5ccccc5)nc(-c5cccc(-c6ccncc6)c5)n4)cc3)n2)cc1. The maximum absolute atomic E-state index is 5.25. The van der Waals surface area contributed by atoms with Gasteiger partial charge in [-0.15, -0.1) is 0 Å². The number of rotatable bonds is 10. The zero-order valence-corrected chi connectivity index (χ0v) is 35.6. The minimum Gasteiger partial charge on any atom is -0.265 e. The molecule has 4 aromatic heterocycles. The summed E-state index contributed by atoms with van der Waals surface area (Å²) in [6.07, 6.45) is 7.27. The molecule has 0 N–H and O–H groups in total. The average Bonchev–Trinajstić information content (AvgIpc) is 3.42. The molecule has 7 heteroatoms. The quantitative estimate of drug-likeness (QED) is 0.135. The first-order valence-corrected chi connectivity index (χ1v) is 21.8. The molecule has 11 aromatic rings. The highest BCUT2D eigenvalue weighted by molar-refractivity contribution is 5.93. The van der Waals surface area contributed by atoms with Crippen molar-refractivity contribution < 1.29 is 0 Å². The Hall–Kier alpha value is -9.07. The lowest BCUT2D eigenvalue weighted by Gasteiger charge is -2.17. The third-order valence-corrected chi connectivity index (χ3v) is 11.6. The highest BCUT2D eigenvalue weighted by atomic mass is 15.0. The Kier molecular flexibility index (Phi) is 10.8. The van der Waals surface area contributed by atoms with E-state index in [0.717, 1.165) is 89.3 Å². The highest BCUT2D eigenvalue weighted by Gasteiger charge is 2.19. The first-order valence-electron chi connectivity index (χ1n) is 21.8. The maximum Gasteiger partial charge on any atom is 0.164 e. The van der Waals surface area contributed by atoms with Gasteiger partial charge >= 0.3 is 0 Å². The molecule has 4 heterocycles. The second-order valence-electron chi connectivity index (χ2n) is 15.8. The van der Waals surface area contributed by atoms with E-state index in [1.165, 1.54) is 0 Å². The first kappa shape index (κ1) is 39.8. The first-order chi connectivity index (χ1) is 32.7. The molecule has 310 valence electrons. The molecule has 11 rings (SSSR count). The lowest BCUT2D eigenvalue weighted by molar-refractivity contribution is 1.07. The van der Waals surface area contributed by atoms with Crippen LogP contribution in [0.1, 0.15) is 0 Å². The molecule has 0 saturated carbocycles. The van der Waals surface area contributed by atoms with Gasteiger partial charge in [0.15, 0.2) is 23.3 Å². The summed E-state index contributed by atoms with van der Waals surface area (Å²) in [5.74, 6) is 2.43. The van der Waals surface area contributed by atoms with Gasteiger partial charge in [0.1, 0.15) is 0 Å². The summed E-state index contributed by atoms with van der Waals surface area (Å²) in [6.45, 7) is 0. The van der Waals surface area contributed by atoms with Crippen LogP contribution in [-0.4, -0.2) is 34.9 Å². The van der Waals surface area contributed by atoms with E-state index < -0.39 is 0 Å². The molecule has 0 spiro atoms. The fourth-order valence-corrected chi connectivity index (χ4v) is 8.27. The number of pyridine rings is 2. The van der Waals surface area contributed by atoms with E-state index in [2.05, 4.69) is 119 Å². The molecular weight excluding hydrogens is 807 g/mol. The van der Waals surface area contributed by atoms with Crippen LogP contribution in [0.2, 0.25) is 0 Å². The van der Waals surface area contributed by atoms with Gasteiger partial charge in [-0.3, -0.25) is 9.97 Å². The molecule has 0 bridgehead atoms. The van der Waals surface area contributed by atoms with Crippen LogP contribution in [-0.2, 0) is 0 Å². The fourth-order valence-electron chi connectivity index (χ4n) is 8.27. The fraction of sp³-hybridized carbons (Fsp3) is 0. The monoisotopic (exact) mass is 845 g/mol. The van der Waals surface area contributed by atoms with Crippen molar-refractivity contribution in [1.29, 1.82) is 0 Å². The van der Waals surface area contributed by atoms with Crippen LogP contribution >= 0.6 is 0 Å². The lowest BCUT2D eigenvalue weighted by atomic mass is 9.88. The molecule has 7 aromatic carbocycles. The summed E-state index contributed by atoms with van der Waals surface area (Å²) in [6, 6.07) is 72.7. The van der Waals surface area contributed by atoms with Crippen molar-refractivity contribution in [3.63, 3.8) is 0 Å². The zero-order valence-electron chi connectivity index (χ0n) is 35.6. The van der Waals surface area contributed by atoms with E-state index in [4.69, 9.17) is 24.9 Å². The van der Waals surface area contributed by atoms with Crippen LogP contribution in [0.3, 0.4) is 0 Å². The van der Waals surface area contributed by atoms with E-state index in [1.54, 1.807) is 12.4 Å². The van der Waals surface area contributed by atoms with Gasteiger partial charge in [0.25, 0.3) is 0 Å². The third-order valence-electron chi connectivity index (χ3n) is 11.6. The summed E-state index contributed by atoms with van der Waals surface area (Å²) >= 11 is 0. The van der Waals surface area contributed by atoms with E-state index >= 15 is 0 Å². The van der Waals surface area contributed by atoms with Gasteiger partial charge in [0.2, 0.25) is 0 Å². The van der Waals surface area contributed by atoms with Crippen LogP contribution in [0.25, 0.3) is 113 Å². The Labute approximate surface area is 383 Å². The highest BCUT2D eigenvalue weighted by Crippen LogP contribution is 2.41. The molecule has 0 saturated heterocycles. The van der Waals surface area contributed by atoms with Crippen LogP contribution in [0.4, 0.5) is 0 Å². The van der Waals surface area contributed by atoms with Crippen LogP contribution in [0, 0.1) is 0 Å². The van der Waals surface area contributed by atoms with Gasteiger partial charge in [0, 0.05) is 58.2 Å². The van der Waals surface area contributed by atoms with E-state index in [9.17, 15) is 0 Å². The number of hydrogen-bond donors (Lipinski definition) is 0. The Morgan fingerprint density at radius 2 is 0.621 bits per heavy atom. The second kappa shape index (κ2) is 18.0. The Balaban J connectivity index is 1.04. The van der Waals surface area contributed by atoms with Crippen LogP contribution < -0.4 is 0 Å². The normalized spacial score (nSPS) is 11.0. The molecule has 7 nitrogen and oxygen atoms in total. The summed E-state index contributed by atoms with van der Waals surface area (Å²) < 4.78 is 0. The van der Waals surface area contributed by atoms with Gasteiger partial charge < -0.3 is 0 Å². The van der Waals surface area contributed by atoms with Gasteiger partial charge in [-0.2, -0.15) is 0 Å². The smallest absolute Gasteiger partial charge is 0.164 e. The molecule has 0 aliphatic rings. The molecule has 0 radical (unpaired) electrons. The average molecular weight is 846 g/mol. The van der Waals surface area contributed by atoms with Crippen molar-refractivity contribution in [2.75, 3.05) is 0 Å². The number of nitrogens with zero attached hydrogens (tertiary/aromatic N) is 7. The van der Waals surface area contributed by atoms with E-state index in [-0.39, 0.29) is 0 Å². The molecule has 0 fully saturated rings. The van der Waals surface area contributed by atoms with Gasteiger partial charge in [-0.1, -0.05) is 170 Å². The molecule has 0 unspecified atom stereocenters. The molecule has 0 amide bonds. The van der Waals surface area contributed by atoms with Gasteiger partial charge in [-0.05, 0) is 87.0 Å². The molecule has 0 aliphatic carbocycles. The van der Waals surface area contributed by atoms with E-state index in [0.29, 0.717) is 23.3 Å². The largest absolute Gasteiger partial charge is 0.265 e. The third kappa shape index (κ3) is 8.28. The van der Waals surface area contributed by atoms with Crippen LogP contribution in [0.5, 0.6) is 0 Å². The Morgan fingerprint density at radius 3 is 1.20 bits per heavy atom. The summed E-state index contributed by atoms with van der Waals surface area (Å²) in [4.78, 5) is 34.2. The second-order valence-corrected chi connectivity index (χ2v) is 15.8. The predicted molar refractivity (Wildman–Crippen MR) is 265 cm³/mol.